The lowest BCUT2D eigenvalue weighted by atomic mass is 10.2. The molecule has 0 atom stereocenters. The molecule has 8 heteroatoms. The van der Waals surface area contributed by atoms with Crippen LogP contribution in [0.15, 0.2) is 67.4 Å². The number of methoxy groups -OCH3 is 1. The van der Waals surface area contributed by atoms with Crippen LogP contribution in [0.5, 0.6) is 5.75 Å². The average molecular weight is 369 g/mol. The second-order valence-electron chi connectivity index (χ2n) is 5.41. The van der Waals surface area contributed by atoms with Gasteiger partial charge < -0.3 is 13.6 Å². The maximum absolute atomic E-state index is 12.0. The number of fused-ring (bicyclic) bond motifs is 1. The van der Waals surface area contributed by atoms with Crippen LogP contribution < -0.4 is 10.5 Å². The van der Waals surface area contributed by atoms with Crippen molar-refractivity contribution in [1.29, 1.82) is 0 Å². The Hall–Kier alpha value is -3.00. The van der Waals surface area contributed by atoms with Crippen LogP contribution in [0.2, 0.25) is 0 Å². The Balaban J connectivity index is 1.47. The van der Waals surface area contributed by atoms with Gasteiger partial charge in [-0.25, -0.2) is 4.79 Å². The summed E-state index contributed by atoms with van der Waals surface area (Å²) in [5.74, 6) is 1.30. The quantitative estimate of drug-likeness (QED) is 0.481. The molecule has 4 aromatic rings. The molecule has 0 radical (unpaired) electrons. The number of nitrogens with zero attached hydrogens (tertiary/aromatic N) is 3. The lowest BCUT2D eigenvalue weighted by Gasteiger charge is -2.03. The summed E-state index contributed by atoms with van der Waals surface area (Å²) in [6.45, 7) is 0.479. The third-order valence-electron chi connectivity index (χ3n) is 3.86. The largest absolute Gasteiger partial charge is 0.496 e. The zero-order valence-corrected chi connectivity index (χ0v) is 14.7. The molecule has 2 aromatic carbocycles. The van der Waals surface area contributed by atoms with Crippen LogP contribution in [-0.4, -0.2) is 27.6 Å². The molecule has 0 aliphatic rings. The van der Waals surface area contributed by atoms with Crippen LogP contribution in [0.1, 0.15) is 0 Å². The summed E-state index contributed by atoms with van der Waals surface area (Å²) in [5, 5.41) is 8.56. The topological polar surface area (TPSA) is 83.3 Å². The van der Waals surface area contributed by atoms with Gasteiger partial charge in [-0.3, -0.25) is 4.57 Å². The summed E-state index contributed by atoms with van der Waals surface area (Å²) in [5.41, 5.74) is 2.10. The first-order valence-electron chi connectivity index (χ1n) is 7.94. The van der Waals surface area contributed by atoms with Gasteiger partial charge in [0.15, 0.2) is 5.58 Å². The fourth-order valence-electron chi connectivity index (χ4n) is 2.65. The number of hydrogen-bond donors (Lipinski definition) is 0. The van der Waals surface area contributed by atoms with E-state index >= 15 is 0 Å². The molecule has 0 bridgehead atoms. The minimum absolute atomic E-state index is 0.368. The van der Waals surface area contributed by atoms with Gasteiger partial charge in [-0.1, -0.05) is 36.0 Å². The Morgan fingerprint density at radius 3 is 2.77 bits per heavy atom. The van der Waals surface area contributed by atoms with Crippen molar-refractivity contribution in [2.75, 3.05) is 12.9 Å². The van der Waals surface area contributed by atoms with E-state index < -0.39 is 0 Å². The Morgan fingerprint density at radius 1 is 1.08 bits per heavy atom. The first kappa shape index (κ1) is 16.5. The van der Waals surface area contributed by atoms with E-state index in [9.17, 15) is 4.79 Å². The average Bonchev–Trinajstić information content (AvgIpc) is 3.26. The van der Waals surface area contributed by atoms with Gasteiger partial charge in [-0.2, -0.15) is 0 Å². The molecule has 0 aliphatic carbocycles. The summed E-state index contributed by atoms with van der Waals surface area (Å²) in [7, 11) is 1.60. The number of thioether (sulfide) groups is 1. The van der Waals surface area contributed by atoms with Crippen LogP contribution in [0.25, 0.3) is 22.6 Å². The molecule has 0 aliphatic heterocycles. The first-order valence-corrected chi connectivity index (χ1v) is 8.93. The number of aromatic nitrogens is 3. The molecule has 132 valence electrons. The third kappa shape index (κ3) is 3.11. The van der Waals surface area contributed by atoms with Crippen LogP contribution in [0.3, 0.4) is 0 Å². The zero-order valence-electron chi connectivity index (χ0n) is 13.9. The summed E-state index contributed by atoms with van der Waals surface area (Å²) < 4.78 is 17.8. The number of oxazole rings is 1. The summed E-state index contributed by atoms with van der Waals surface area (Å²) in [6.07, 6.45) is 0. The van der Waals surface area contributed by atoms with E-state index in [1.807, 2.05) is 42.5 Å². The van der Waals surface area contributed by atoms with Crippen LogP contribution in [0, 0.1) is 0 Å². The van der Waals surface area contributed by atoms with Crippen LogP contribution >= 0.6 is 11.8 Å². The molecular weight excluding hydrogens is 354 g/mol. The molecule has 0 saturated heterocycles. The van der Waals surface area contributed by atoms with Crippen molar-refractivity contribution in [1.82, 2.24) is 14.8 Å². The van der Waals surface area contributed by atoms with E-state index in [1.54, 1.807) is 17.7 Å². The minimum atomic E-state index is -0.368. The number of aryl methyl sites for hydroxylation is 1. The van der Waals surface area contributed by atoms with Crippen molar-refractivity contribution >= 4 is 22.9 Å². The molecule has 0 amide bonds. The zero-order chi connectivity index (χ0) is 17.9. The highest BCUT2D eigenvalue weighted by Gasteiger charge is 2.14. The molecule has 0 N–H and O–H groups in total. The van der Waals surface area contributed by atoms with Gasteiger partial charge in [-0.05, 0) is 24.3 Å². The minimum Gasteiger partial charge on any atom is -0.496 e. The highest BCUT2D eigenvalue weighted by atomic mass is 32.2. The van der Waals surface area contributed by atoms with E-state index in [-0.39, 0.29) is 5.76 Å². The fraction of sp³-hybridized carbons (Fsp3) is 0.167. The Bertz CT molecular complexity index is 1100. The number of ether oxygens (including phenoxy) is 1. The Kier molecular flexibility index (Phi) is 4.49. The van der Waals surface area contributed by atoms with Gasteiger partial charge in [0.2, 0.25) is 0 Å². The van der Waals surface area contributed by atoms with E-state index in [0.29, 0.717) is 34.7 Å². The lowest BCUT2D eigenvalue weighted by molar-refractivity contribution is 0.411. The monoisotopic (exact) mass is 369 g/mol. The van der Waals surface area contributed by atoms with Gasteiger partial charge in [0.25, 0.3) is 11.1 Å². The van der Waals surface area contributed by atoms with Crippen LogP contribution in [0.4, 0.5) is 0 Å². The highest BCUT2D eigenvalue weighted by molar-refractivity contribution is 7.99. The molecule has 2 aromatic heterocycles. The van der Waals surface area contributed by atoms with Gasteiger partial charge in [0.05, 0.1) is 18.2 Å². The first-order chi connectivity index (χ1) is 12.8. The van der Waals surface area contributed by atoms with Crippen LogP contribution in [-0.2, 0) is 6.54 Å². The molecule has 0 saturated carbocycles. The highest BCUT2D eigenvalue weighted by Crippen LogP contribution is 2.30. The summed E-state index contributed by atoms with van der Waals surface area (Å²) in [6, 6.07) is 14.8. The normalized spacial score (nSPS) is 11.1. The Morgan fingerprint density at radius 2 is 1.88 bits per heavy atom. The van der Waals surface area contributed by atoms with E-state index in [1.165, 1.54) is 11.8 Å². The van der Waals surface area contributed by atoms with E-state index in [0.717, 1.165) is 11.1 Å². The number of hydrogen-bond acceptors (Lipinski definition) is 7. The number of benzene rings is 2. The predicted molar refractivity (Wildman–Crippen MR) is 97.5 cm³/mol. The van der Waals surface area contributed by atoms with Crippen molar-refractivity contribution in [3.05, 3.63) is 59.1 Å². The van der Waals surface area contributed by atoms with Crippen molar-refractivity contribution in [3.8, 4) is 17.2 Å². The third-order valence-corrected chi connectivity index (χ3v) is 4.66. The second kappa shape index (κ2) is 7.09. The standard InChI is InChI=1S/C18H15N3O4S/c1-23-14-8-4-2-6-12(14)16-19-20-17(25-16)26-11-10-21-13-7-3-5-9-15(13)24-18(21)22/h2-9H,10-11H2,1H3. The summed E-state index contributed by atoms with van der Waals surface area (Å²) in [4.78, 5) is 12.0. The van der Waals surface area contributed by atoms with Crippen molar-refractivity contribution in [2.45, 2.75) is 11.8 Å². The molecule has 26 heavy (non-hydrogen) atoms. The summed E-state index contributed by atoms with van der Waals surface area (Å²) >= 11 is 1.38. The molecule has 0 fully saturated rings. The van der Waals surface area contributed by atoms with Crippen molar-refractivity contribution < 1.29 is 13.6 Å². The van der Waals surface area contributed by atoms with Gasteiger partial charge in [0, 0.05) is 12.3 Å². The maximum atomic E-state index is 12.0. The fourth-order valence-corrected chi connectivity index (χ4v) is 3.33. The smallest absolute Gasteiger partial charge is 0.419 e. The SMILES string of the molecule is COc1ccccc1-c1nnc(SCCn2c(=O)oc3ccccc32)o1. The van der Waals surface area contributed by atoms with Gasteiger partial charge in [-0.15, -0.1) is 10.2 Å². The lowest BCUT2D eigenvalue weighted by Crippen LogP contribution is -2.15. The molecule has 2 heterocycles. The molecular formula is C18H15N3O4S. The predicted octanol–water partition coefficient (Wildman–Crippen LogP) is 3.45. The van der Waals surface area contributed by atoms with Crippen molar-refractivity contribution in [2.24, 2.45) is 0 Å². The maximum Gasteiger partial charge on any atom is 0.419 e. The number of para-hydroxylation sites is 3. The second-order valence-corrected chi connectivity index (χ2v) is 6.46. The number of rotatable bonds is 6. The Labute approximate surface area is 152 Å². The van der Waals surface area contributed by atoms with Gasteiger partial charge in [0.1, 0.15) is 5.75 Å². The molecule has 4 rings (SSSR count). The van der Waals surface area contributed by atoms with E-state index in [2.05, 4.69) is 10.2 Å². The molecule has 7 nitrogen and oxygen atoms in total. The van der Waals surface area contributed by atoms with Gasteiger partial charge >= 0.3 is 5.76 Å². The van der Waals surface area contributed by atoms with Crippen molar-refractivity contribution in [3.63, 3.8) is 0 Å². The van der Waals surface area contributed by atoms with E-state index in [4.69, 9.17) is 13.6 Å². The molecule has 0 unspecified atom stereocenters. The molecule has 0 spiro atoms.